The van der Waals surface area contributed by atoms with Crippen molar-refractivity contribution in [1.82, 2.24) is 4.90 Å². The van der Waals surface area contributed by atoms with Crippen molar-refractivity contribution in [2.75, 3.05) is 17.2 Å². The Balaban J connectivity index is 1.65. The van der Waals surface area contributed by atoms with E-state index in [0.29, 0.717) is 0 Å². The molecule has 2 aromatic rings. The number of hydrogen-bond acceptors (Lipinski definition) is 2. The highest BCUT2D eigenvalue weighted by Crippen LogP contribution is 2.54. The number of carbonyl (C=O) groups excluding carboxylic acids is 1. The molecule has 0 aliphatic carbocycles. The van der Waals surface area contributed by atoms with Crippen LogP contribution in [0.2, 0.25) is 0 Å². The summed E-state index contributed by atoms with van der Waals surface area (Å²) in [6.07, 6.45) is 0.954. The van der Waals surface area contributed by atoms with Crippen LogP contribution in [0.4, 0.5) is 16.2 Å². The van der Waals surface area contributed by atoms with Crippen LogP contribution in [0.3, 0.4) is 0 Å². The summed E-state index contributed by atoms with van der Waals surface area (Å²) in [5, 5.41) is 6.61. The Morgan fingerprint density at radius 3 is 2.57 bits per heavy atom. The molecule has 2 N–H and O–H groups in total. The fraction of sp³-hybridized carbons (Fsp3) is 0.316. The Kier molecular flexibility index (Phi) is 2.92. The van der Waals surface area contributed by atoms with Crippen LogP contribution in [0.5, 0.6) is 0 Å². The molecule has 1 saturated heterocycles. The Labute approximate surface area is 136 Å². The number of hydrogen-bond donors (Lipinski definition) is 2. The standard InChI is InChI=1S/C19H21N3O/c1-18-12-13-22(17(23)20-14-8-4-3-5-9-14)19(18,2)21-16-11-7-6-10-15(16)18/h3-11,21H,12-13H2,1-2H3,(H,20,23). The minimum atomic E-state index is -0.407. The molecule has 0 saturated carbocycles. The molecule has 2 amide bonds. The Morgan fingerprint density at radius 2 is 1.78 bits per heavy atom. The minimum Gasteiger partial charge on any atom is -0.362 e. The number of carbonyl (C=O) groups is 1. The SMILES string of the molecule is CC12CCN(C(=O)Nc3ccccc3)C1(C)Nc1ccccc12. The van der Waals surface area contributed by atoms with Crippen molar-refractivity contribution < 1.29 is 4.79 Å². The molecule has 2 aliphatic heterocycles. The highest BCUT2D eigenvalue weighted by molar-refractivity contribution is 5.91. The van der Waals surface area contributed by atoms with Crippen LogP contribution in [0, 0.1) is 0 Å². The quantitative estimate of drug-likeness (QED) is 0.835. The van der Waals surface area contributed by atoms with E-state index in [4.69, 9.17) is 0 Å². The van der Waals surface area contributed by atoms with Gasteiger partial charge in [0, 0.05) is 23.3 Å². The van der Waals surface area contributed by atoms with Crippen molar-refractivity contribution in [3.05, 3.63) is 60.2 Å². The molecule has 2 heterocycles. The molecule has 0 aromatic heterocycles. The van der Waals surface area contributed by atoms with Gasteiger partial charge >= 0.3 is 6.03 Å². The maximum Gasteiger partial charge on any atom is 0.323 e. The van der Waals surface area contributed by atoms with Crippen molar-refractivity contribution in [3.8, 4) is 0 Å². The predicted octanol–water partition coefficient (Wildman–Crippen LogP) is 4.02. The van der Waals surface area contributed by atoms with Gasteiger partial charge in [0.2, 0.25) is 0 Å². The van der Waals surface area contributed by atoms with Crippen molar-refractivity contribution in [1.29, 1.82) is 0 Å². The normalized spacial score (nSPS) is 28.0. The van der Waals surface area contributed by atoms with Crippen molar-refractivity contribution in [3.63, 3.8) is 0 Å². The van der Waals surface area contributed by atoms with Gasteiger partial charge in [0.15, 0.2) is 0 Å². The topological polar surface area (TPSA) is 44.4 Å². The number of rotatable bonds is 1. The van der Waals surface area contributed by atoms with Crippen LogP contribution in [0.25, 0.3) is 0 Å². The van der Waals surface area contributed by atoms with Crippen LogP contribution >= 0.6 is 0 Å². The van der Waals surface area contributed by atoms with E-state index in [1.54, 1.807) is 0 Å². The lowest BCUT2D eigenvalue weighted by Gasteiger charge is -2.40. The molecular weight excluding hydrogens is 286 g/mol. The first-order valence-electron chi connectivity index (χ1n) is 8.06. The summed E-state index contributed by atoms with van der Waals surface area (Å²) in [5.41, 5.74) is 2.78. The zero-order chi connectivity index (χ0) is 16.1. The third-order valence-electron chi connectivity index (χ3n) is 5.62. The van der Waals surface area contributed by atoms with Gasteiger partial charge in [-0.2, -0.15) is 0 Å². The lowest BCUT2D eigenvalue weighted by atomic mass is 9.75. The molecular formula is C19H21N3O. The van der Waals surface area contributed by atoms with Gasteiger partial charge in [-0.3, -0.25) is 0 Å². The predicted molar refractivity (Wildman–Crippen MR) is 92.6 cm³/mol. The monoisotopic (exact) mass is 307 g/mol. The van der Waals surface area contributed by atoms with Crippen LogP contribution in [-0.2, 0) is 5.41 Å². The lowest BCUT2D eigenvalue weighted by Crippen LogP contribution is -2.57. The smallest absolute Gasteiger partial charge is 0.323 e. The highest BCUT2D eigenvalue weighted by atomic mass is 16.2. The molecule has 4 heteroatoms. The number of urea groups is 1. The van der Waals surface area contributed by atoms with E-state index in [1.807, 2.05) is 41.3 Å². The van der Waals surface area contributed by atoms with Gasteiger partial charge < -0.3 is 15.5 Å². The second kappa shape index (κ2) is 4.75. The van der Waals surface area contributed by atoms with E-state index in [9.17, 15) is 4.79 Å². The molecule has 2 aromatic carbocycles. The Hall–Kier alpha value is -2.49. The average Bonchev–Trinajstić information content (AvgIpc) is 2.93. The van der Waals surface area contributed by atoms with Gasteiger partial charge in [0.1, 0.15) is 5.66 Å². The number of anilines is 2. The molecule has 118 valence electrons. The molecule has 1 fully saturated rings. The fourth-order valence-electron chi connectivity index (χ4n) is 4.06. The molecule has 2 unspecified atom stereocenters. The molecule has 0 bridgehead atoms. The van der Waals surface area contributed by atoms with E-state index in [0.717, 1.165) is 24.3 Å². The largest absolute Gasteiger partial charge is 0.362 e. The van der Waals surface area contributed by atoms with E-state index in [1.165, 1.54) is 5.56 Å². The first kappa shape index (κ1) is 14.1. The molecule has 0 spiro atoms. The Bertz CT molecular complexity index is 760. The van der Waals surface area contributed by atoms with Gasteiger partial charge in [0.05, 0.1) is 0 Å². The summed E-state index contributed by atoms with van der Waals surface area (Å²) in [7, 11) is 0. The summed E-state index contributed by atoms with van der Waals surface area (Å²) < 4.78 is 0. The first-order chi connectivity index (χ1) is 11.0. The van der Waals surface area contributed by atoms with Gasteiger partial charge in [-0.05, 0) is 37.1 Å². The van der Waals surface area contributed by atoms with Crippen molar-refractivity contribution >= 4 is 17.4 Å². The van der Waals surface area contributed by atoms with Crippen LogP contribution in [0.1, 0.15) is 25.8 Å². The number of nitrogens with one attached hydrogen (secondary N) is 2. The van der Waals surface area contributed by atoms with Crippen molar-refractivity contribution in [2.24, 2.45) is 0 Å². The molecule has 2 atom stereocenters. The minimum absolute atomic E-state index is 0.0530. The third kappa shape index (κ3) is 1.87. The van der Waals surface area contributed by atoms with Gasteiger partial charge in [0.25, 0.3) is 0 Å². The summed E-state index contributed by atoms with van der Waals surface area (Å²) in [4.78, 5) is 14.8. The first-order valence-corrected chi connectivity index (χ1v) is 8.06. The number of nitrogens with zero attached hydrogens (tertiary/aromatic N) is 1. The number of para-hydroxylation sites is 2. The number of amides is 2. The van der Waals surface area contributed by atoms with E-state index >= 15 is 0 Å². The maximum absolute atomic E-state index is 12.8. The van der Waals surface area contributed by atoms with E-state index in [-0.39, 0.29) is 11.4 Å². The van der Waals surface area contributed by atoms with Gasteiger partial charge in [-0.25, -0.2) is 4.79 Å². The van der Waals surface area contributed by atoms with Crippen LogP contribution in [-0.4, -0.2) is 23.1 Å². The molecule has 0 radical (unpaired) electrons. The molecule has 23 heavy (non-hydrogen) atoms. The zero-order valence-electron chi connectivity index (χ0n) is 13.5. The second-order valence-electron chi connectivity index (χ2n) is 6.77. The lowest BCUT2D eigenvalue weighted by molar-refractivity contribution is 0.160. The summed E-state index contributed by atoms with van der Waals surface area (Å²) in [5.74, 6) is 0. The average molecular weight is 307 g/mol. The molecule has 4 nitrogen and oxygen atoms in total. The number of benzene rings is 2. The van der Waals surface area contributed by atoms with Gasteiger partial charge in [-0.15, -0.1) is 0 Å². The maximum atomic E-state index is 12.8. The van der Waals surface area contributed by atoms with Crippen LogP contribution < -0.4 is 10.6 Å². The van der Waals surface area contributed by atoms with Crippen molar-refractivity contribution in [2.45, 2.75) is 31.3 Å². The third-order valence-corrected chi connectivity index (χ3v) is 5.62. The zero-order valence-corrected chi connectivity index (χ0v) is 13.5. The molecule has 2 aliphatic rings. The highest BCUT2D eigenvalue weighted by Gasteiger charge is 2.60. The number of likely N-dealkylation sites (tertiary alicyclic amines) is 1. The summed E-state index contributed by atoms with van der Waals surface area (Å²) in [6, 6.07) is 17.9. The van der Waals surface area contributed by atoms with Crippen LogP contribution in [0.15, 0.2) is 54.6 Å². The summed E-state index contributed by atoms with van der Waals surface area (Å²) >= 11 is 0. The van der Waals surface area contributed by atoms with E-state index in [2.05, 4.69) is 42.7 Å². The second-order valence-corrected chi connectivity index (χ2v) is 6.77. The van der Waals surface area contributed by atoms with Gasteiger partial charge in [-0.1, -0.05) is 43.3 Å². The Morgan fingerprint density at radius 1 is 1.09 bits per heavy atom. The summed E-state index contributed by atoms with van der Waals surface area (Å²) in [6.45, 7) is 5.12. The van der Waals surface area contributed by atoms with E-state index < -0.39 is 5.66 Å². The fourth-order valence-corrected chi connectivity index (χ4v) is 4.06. The molecule has 4 rings (SSSR count). The number of fused-ring (bicyclic) bond motifs is 3.